The summed E-state index contributed by atoms with van der Waals surface area (Å²) in [6.07, 6.45) is 26.5. The molecule has 0 radical (unpaired) electrons. The number of hydrogen-bond donors (Lipinski definition) is 1. The van der Waals surface area contributed by atoms with Crippen LogP contribution in [0.3, 0.4) is 0 Å². The molecule has 0 aromatic heterocycles. The first-order valence-corrected chi connectivity index (χ1v) is 13.7. The maximum Gasteiger partial charge on any atom is 0.0467 e. The van der Waals surface area contributed by atoms with Crippen LogP contribution in [0.25, 0.3) is 0 Å². The lowest BCUT2D eigenvalue weighted by Gasteiger charge is -2.13. The maximum absolute atomic E-state index is 9.59. The molecule has 0 bridgehead atoms. The van der Waals surface area contributed by atoms with Gasteiger partial charge in [-0.1, -0.05) is 123 Å². The summed E-state index contributed by atoms with van der Waals surface area (Å²) in [5, 5.41) is 9.59. The molecule has 0 aromatic rings. The Morgan fingerprint density at radius 2 is 0.963 bits per heavy atom. The zero-order valence-electron chi connectivity index (χ0n) is 19.0. The van der Waals surface area contributed by atoms with Gasteiger partial charge in [0.2, 0.25) is 0 Å². The van der Waals surface area contributed by atoms with Gasteiger partial charge in [-0.3, -0.25) is 0 Å². The maximum atomic E-state index is 9.59. The second kappa shape index (κ2) is 24.3. The van der Waals surface area contributed by atoms with E-state index in [0.29, 0.717) is 12.5 Å². The summed E-state index contributed by atoms with van der Waals surface area (Å²) in [6.45, 7) is 4.96. The van der Waals surface area contributed by atoms with Crippen LogP contribution < -0.4 is 0 Å². The third kappa shape index (κ3) is 22.5. The van der Waals surface area contributed by atoms with E-state index in [1.165, 1.54) is 134 Å². The SMILES string of the molecule is CCCCCCCCCCCCSC[C@@H](CO)CCCCCCCCCC. The smallest absolute Gasteiger partial charge is 0.0467 e. The molecule has 2 heteroatoms. The van der Waals surface area contributed by atoms with E-state index >= 15 is 0 Å². The highest BCUT2D eigenvalue weighted by molar-refractivity contribution is 7.99. The largest absolute Gasteiger partial charge is 0.396 e. The molecule has 0 amide bonds. The fourth-order valence-electron chi connectivity index (χ4n) is 3.74. The van der Waals surface area contributed by atoms with Crippen molar-refractivity contribution in [1.82, 2.24) is 0 Å². The molecule has 164 valence electrons. The van der Waals surface area contributed by atoms with Crippen molar-refractivity contribution in [2.75, 3.05) is 18.1 Å². The highest BCUT2D eigenvalue weighted by Crippen LogP contribution is 2.19. The van der Waals surface area contributed by atoms with Crippen LogP contribution in [-0.2, 0) is 0 Å². The number of unbranched alkanes of at least 4 members (excludes halogenated alkanes) is 16. The van der Waals surface area contributed by atoms with Crippen molar-refractivity contribution in [2.45, 2.75) is 136 Å². The van der Waals surface area contributed by atoms with E-state index in [9.17, 15) is 5.11 Å². The minimum absolute atomic E-state index is 0.390. The third-order valence-electron chi connectivity index (χ3n) is 5.72. The van der Waals surface area contributed by atoms with Gasteiger partial charge in [-0.2, -0.15) is 11.8 Å². The summed E-state index contributed by atoms with van der Waals surface area (Å²) < 4.78 is 0. The molecule has 0 saturated carbocycles. The Bertz CT molecular complexity index is 257. The van der Waals surface area contributed by atoms with Crippen LogP contribution in [-0.4, -0.2) is 23.2 Å². The lowest BCUT2D eigenvalue weighted by molar-refractivity contribution is 0.230. The quantitative estimate of drug-likeness (QED) is 0.173. The summed E-state index contributed by atoms with van der Waals surface area (Å²) in [5.41, 5.74) is 0. The van der Waals surface area contributed by atoms with Crippen molar-refractivity contribution in [3.8, 4) is 0 Å². The van der Waals surface area contributed by atoms with Crippen molar-refractivity contribution < 1.29 is 5.11 Å². The van der Waals surface area contributed by atoms with Gasteiger partial charge in [-0.05, 0) is 30.3 Å². The lowest BCUT2D eigenvalue weighted by Crippen LogP contribution is -2.09. The van der Waals surface area contributed by atoms with Crippen LogP contribution in [0.2, 0.25) is 0 Å². The highest BCUT2D eigenvalue weighted by atomic mass is 32.2. The average Bonchev–Trinajstić information content (AvgIpc) is 2.69. The standard InChI is InChI=1S/C25H52OS/c1-3-5-7-9-11-13-14-16-18-20-22-27-24-25(23-26)21-19-17-15-12-10-8-6-4-2/h25-26H,3-24H2,1-2H3/t25-/m1/s1. The van der Waals surface area contributed by atoms with Gasteiger partial charge >= 0.3 is 0 Å². The summed E-state index contributed by atoms with van der Waals surface area (Å²) in [4.78, 5) is 0. The average molecular weight is 401 g/mol. The molecule has 1 atom stereocenters. The second-order valence-electron chi connectivity index (χ2n) is 8.57. The summed E-state index contributed by atoms with van der Waals surface area (Å²) in [5.74, 6) is 3.01. The van der Waals surface area contributed by atoms with Crippen molar-refractivity contribution >= 4 is 11.8 Å². The van der Waals surface area contributed by atoms with Gasteiger partial charge in [-0.25, -0.2) is 0 Å². The highest BCUT2D eigenvalue weighted by Gasteiger charge is 2.07. The molecule has 0 aliphatic carbocycles. The molecule has 1 N–H and O–H groups in total. The summed E-state index contributed by atoms with van der Waals surface area (Å²) in [7, 11) is 0. The minimum atomic E-state index is 0.390. The Kier molecular flexibility index (Phi) is 24.6. The van der Waals surface area contributed by atoms with E-state index in [-0.39, 0.29) is 0 Å². The third-order valence-corrected chi connectivity index (χ3v) is 7.00. The predicted molar refractivity (Wildman–Crippen MR) is 127 cm³/mol. The zero-order valence-corrected chi connectivity index (χ0v) is 19.8. The zero-order chi connectivity index (χ0) is 19.8. The number of aliphatic hydroxyl groups excluding tert-OH is 1. The molecule has 0 spiro atoms. The molecule has 0 fully saturated rings. The van der Waals surface area contributed by atoms with Gasteiger partial charge in [0.25, 0.3) is 0 Å². The van der Waals surface area contributed by atoms with Crippen LogP contribution >= 0.6 is 11.8 Å². The molecule has 0 unspecified atom stereocenters. The number of hydrogen-bond acceptors (Lipinski definition) is 2. The number of rotatable bonds is 23. The summed E-state index contributed by atoms with van der Waals surface area (Å²) in [6, 6.07) is 0. The normalized spacial score (nSPS) is 12.6. The van der Waals surface area contributed by atoms with Crippen molar-refractivity contribution in [2.24, 2.45) is 5.92 Å². The van der Waals surface area contributed by atoms with Gasteiger partial charge in [0.1, 0.15) is 0 Å². The first kappa shape index (κ1) is 27.3. The molecule has 0 aromatic carbocycles. The minimum Gasteiger partial charge on any atom is -0.396 e. The van der Waals surface area contributed by atoms with E-state index in [4.69, 9.17) is 0 Å². The topological polar surface area (TPSA) is 20.2 Å². The number of thioether (sulfide) groups is 1. The molecule has 0 heterocycles. The van der Waals surface area contributed by atoms with Gasteiger partial charge < -0.3 is 5.11 Å². The Morgan fingerprint density at radius 1 is 0.556 bits per heavy atom. The van der Waals surface area contributed by atoms with Crippen LogP contribution in [0.4, 0.5) is 0 Å². The van der Waals surface area contributed by atoms with Crippen molar-refractivity contribution in [1.29, 1.82) is 0 Å². The molecule has 0 aliphatic rings. The van der Waals surface area contributed by atoms with Crippen LogP contribution in [0.1, 0.15) is 136 Å². The first-order chi connectivity index (χ1) is 13.3. The lowest BCUT2D eigenvalue weighted by atomic mass is 10.0. The van der Waals surface area contributed by atoms with Crippen molar-refractivity contribution in [3.63, 3.8) is 0 Å². The van der Waals surface area contributed by atoms with E-state index in [1.807, 2.05) is 0 Å². The Labute approximate surface area is 176 Å². The van der Waals surface area contributed by atoms with Gasteiger partial charge in [0.15, 0.2) is 0 Å². The van der Waals surface area contributed by atoms with E-state index in [2.05, 4.69) is 25.6 Å². The molecule has 0 saturated heterocycles. The monoisotopic (exact) mass is 400 g/mol. The molecule has 0 rings (SSSR count). The molecular formula is C25H52OS. The Balaban J connectivity index is 3.26. The first-order valence-electron chi connectivity index (χ1n) is 12.5. The van der Waals surface area contributed by atoms with Crippen LogP contribution in [0.15, 0.2) is 0 Å². The predicted octanol–water partition coefficient (Wildman–Crippen LogP) is 8.78. The van der Waals surface area contributed by atoms with Gasteiger partial charge in [0, 0.05) is 6.61 Å². The molecule has 27 heavy (non-hydrogen) atoms. The Hall–Kier alpha value is 0.310. The van der Waals surface area contributed by atoms with Gasteiger partial charge in [0.05, 0.1) is 0 Å². The van der Waals surface area contributed by atoms with Gasteiger partial charge in [-0.15, -0.1) is 0 Å². The van der Waals surface area contributed by atoms with Crippen LogP contribution in [0.5, 0.6) is 0 Å². The molecule has 1 nitrogen and oxygen atoms in total. The fraction of sp³-hybridized carbons (Fsp3) is 1.00. The van der Waals surface area contributed by atoms with Crippen molar-refractivity contribution in [3.05, 3.63) is 0 Å². The van der Waals surface area contributed by atoms with Crippen LogP contribution in [0, 0.1) is 5.92 Å². The molecular weight excluding hydrogens is 348 g/mol. The van der Waals surface area contributed by atoms with E-state index in [1.54, 1.807) is 0 Å². The number of aliphatic hydroxyl groups is 1. The van der Waals surface area contributed by atoms with E-state index in [0.717, 1.165) is 0 Å². The van der Waals surface area contributed by atoms with E-state index < -0.39 is 0 Å². The summed E-state index contributed by atoms with van der Waals surface area (Å²) >= 11 is 2.08. The second-order valence-corrected chi connectivity index (χ2v) is 9.72. The fourth-order valence-corrected chi connectivity index (χ4v) is 4.92. The Morgan fingerprint density at radius 3 is 1.41 bits per heavy atom. The molecule has 0 aliphatic heterocycles.